The van der Waals surface area contributed by atoms with E-state index in [1.807, 2.05) is 6.92 Å². The number of ketones is 1. The van der Waals surface area contributed by atoms with Gasteiger partial charge in [-0.15, -0.1) is 6.58 Å². The third-order valence-electron chi connectivity index (χ3n) is 3.80. The first-order valence-electron chi connectivity index (χ1n) is 8.42. The van der Waals surface area contributed by atoms with Gasteiger partial charge in [0.25, 0.3) is 5.56 Å². The van der Waals surface area contributed by atoms with Gasteiger partial charge >= 0.3 is 0 Å². The van der Waals surface area contributed by atoms with Crippen LogP contribution in [-0.2, 0) is 11.3 Å². The number of thioether (sulfide) groups is 1. The zero-order valence-corrected chi connectivity index (χ0v) is 16.1. The minimum atomic E-state index is -0.470. The Morgan fingerprint density at radius 1 is 1.37 bits per heavy atom. The fraction of sp³-hybridized carbons (Fsp3) is 0.263. The minimum Gasteiger partial charge on any atom is -0.385 e. The molecular formula is C19H22N4O3S. The highest BCUT2D eigenvalue weighted by Gasteiger charge is 2.21. The van der Waals surface area contributed by atoms with Gasteiger partial charge in [-0.2, -0.15) is 4.98 Å². The molecule has 0 aliphatic rings. The van der Waals surface area contributed by atoms with Crippen LogP contribution in [0.5, 0.6) is 0 Å². The van der Waals surface area contributed by atoms with E-state index in [4.69, 9.17) is 5.73 Å². The molecule has 7 nitrogen and oxygen atoms in total. The number of hydrogen-bond donors (Lipinski definition) is 2. The number of carbonyl (C=O) groups is 2. The van der Waals surface area contributed by atoms with Crippen molar-refractivity contribution in [2.24, 2.45) is 0 Å². The smallest absolute Gasteiger partial charge is 0.275 e. The van der Waals surface area contributed by atoms with Crippen molar-refractivity contribution >= 4 is 35.0 Å². The second-order valence-corrected chi connectivity index (χ2v) is 7.01. The SMILES string of the molecule is C=CCn1c(N)cc(=O)nc1S[C@@H](CC)C(=O)Nc1ccc(C(C)=O)cc1. The van der Waals surface area contributed by atoms with Crippen LogP contribution < -0.4 is 16.6 Å². The number of amides is 1. The molecule has 0 aliphatic carbocycles. The molecule has 3 N–H and O–H groups in total. The summed E-state index contributed by atoms with van der Waals surface area (Å²) >= 11 is 1.18. The van der Waals surface area contributed by atoms with Crippen molar-refractivity contribution in [2.45, 2.75) is 37.2 Å². The van der Waals surface area contributed by atoms with Gasteiger partial charge < -0.3 is 15.6 Å². The molecule has 1 amide bonds. The maximum Gasteiger partial charge on any atom is 0.275 e. The van der Waals surface area contributed by atoms with Crippen LogP contribution in [0.15, 0.2) is 52.9 Å². The van der Waals surface area contributed by atoms with Gasteiger partial charge in [0.2, 0.25) is 5.91 Å². The number of allylic oxidation sites excluding steroid dienone is 1. The molecule has 0 unspecified atom stereocenters. The Hall–Kier alpha value is -2.87. The van der Waals surface area contributed by atoms with Crippen molar-refractivity contribution in [2.75, 3.05) is 11.1 Å². The highest BCUT2D eigenvalue weighted by atomic mass is 32.2. The van der Waals surface area contributed by atoms with Gasteiger partial charge in [-0.3, -0.25) is 14.4 Å². The predicted molar refractivity (Wildman–Crippen MR) is 108 cm³/mol. The summed E-state index contributed by atoms with van der Waals surface area (Å²) in [5.74, 6) is 0.00943. The van der Waals surface area contributed by atoms with Gasteiger partial charge in [-0.25, -0.2) is 0 Å². The standard InChI is InChI=1S/C19H22N4O3S/c1-4-10-23-16(20)11-17(25)22-19(23)27-15(5-2)18(26)21-14-8-6-13(7-9-14)12(3)24/h4,6-9,11,15H,1,5,10,20H2,2-3H3,(H,21,26)/t15-/m0/s1. The Balaban J connectivity index is 2.19. The Kier molecular flexibility index (Phi) is 6.95. The average Bonchev–Trinajstić information content (AvgIpc) is 2.62. The zero-order valence-electron chi connectivity index (χ0n) is 15.3. The van der Waals surface area contributed by atoms with Crippen LogP contribution >= 0.6 is 11.8 Å². The molecule has 1 aromatic carbocycles. The van der Waals surface area contributed by atoms with Gasteiger partial charge in [-0.1, -0.05) is 24.8 Å². The summed E-state index contributed by atoms with van der Waals surface area (Å²) < 4.78 is 1.64. The summed E-state index contributed by atoms with van der Waals surface area (Å²) in [5, 5.41) is 2.72. The zero-order chi connectivity index (χ0) is 20.0. The number of benzene rings is 1. The molecule has 8 heteroatoms. The lowest BCUT2D eigenvalue weighted by Crippen LogP contribution is -2.26. The number of anilines is 2. The molecule has 2 aromatic rings. The van der Waals surface area contributed by atoms with Crippen LogP contribution in [0.4, 0.5) is 11.5 Å². The topological polar surface area (TPSA) is 107 Å². The van der Waals surface area contributed by atoms with Crippen molar-refractivity contribution in [1.29, 1.82) is 0 Å². The largest absolute Gasteiger partial charge is 0.385 e. The van der Waals surface area contributed by atoms with E-state index < -0.39 is 10.8 Å². The van der Waals surface area contributed by atoms with Crippen LogP contribution in [-0.4, -0.2) is 26.5 Å². The molecule has 0 radical (unpaired) electrons. The quantitative estimate of drug-likeness (QED) is 0.313. The number of nitrogens with zero attached hydrogens (tertiary/aromatic N) is 2. The maximum absolute atomic E-state index is 12.6. The first kappa shape index (κ1) is 20.4. The number of aromatic nitrogens is 2. The second-order valence-electron chi connectivity index (χ2n) is 5.84. The summed E-state index contributed by atoms with van der Waals surface area (Å²) in [6, 6.07) is 7.92. The van der Waals surface area contributed by atoms with Gasteiger partial charge in [0.15, 0.2) is 10.9 Å². The van der Waals surface area contributed by atoms with Crippen LogP contribution in [0.3, 0.4) is 0 Å². The number of Topliss-reactive ketones (excluding diaryl/α,β-unsaturated/α-hetero) is 1. The molecule has 1 atom stereocenters. The van der Waals surface area contributed by atoms with Gasteiger partial charge in [0.05, 0.1) is 5.25 Å². The molecule has 0 bridgehead atoms. The second kappa shape index (κ2) is 9.18. The van der Waals surface area contributed by atoms with E-state index in [2.05, 4.69) is 16.9 Å². The molecule has 1 aromatic heterocycles. The van der Waals surface area contributed by atoms with Crippen LogP contribution in [0.2, 0.25) is 0 Å². The lowest BCUT2D eigenvalue weighted by molar-refractivity contribution is -0.115. The van der Waals surface area contributed by atoms with Gasteiger partial charge in [-0.05, 0) is 37.6 Å². The predicted octanol–water partition coefficient (Wildman–Crippen LogP) is 2.72. The van der Waals surface area contributed by atoms with E-state index in [0.29, 0.717) is 29.4 Å². The number of hydrogen-bond acceptors (Lipinski definition) is 6. The molecule has 27 heavy (non-hydrogen) atoms. The number of nitrogen functional groups attached to an aromatic ring is 1. The summed E-state index contributed by atoms with van der Waals surface area (Å²) in [5.41, 5.74) is 6.61. The van der Waals surface area contributed by atoms with Crippen LogP contribution in [0, 0.1) is 0 Å². The normalized spacial score (nSPS) is 11.6. The molecule has 0 fully saturated rings. The Morgan fingerprint density at radius 3 is 2.59 bits per heavy atom. The molecular weight excluding hydrogens is 364 g/mol. The molecule has 142 valence electrons. The number of nitrogens with two attached hydrogens (primary N) is 1. The van der Waals surface area contributed by atoms with Gasteiger partial charge in [0.1, 0.15) is 5.82 Å². The van der Waals surface area contributed by atoms with E-state index >= 15 is 0 Å². The molecule has 0 saturated carbocycles. The summed E-state index contributed by atoms with van der Waals surface area (Å²) in [6.45, 7) is 7.41. The molecule has 0 spiro atoms. The van der Waals surface area contributed by atoms with E-state index in [1.165, 1.54) is 24.8 Å². The highest BCUT2D eigenvalue weighted by Crippen LogP contribution is 2.26. The van der Waals surface area contributed by atoms with E-state index in [9.17, 15) is 14.4 Å². The number of carbonyl (C=O) groups excluding carboxylic acids is 2. The number of rotatable bonds is 8. The van der Waals surface area contributed by atoms with Gasteiger partial charge in [0, 0.05) is 23.9 Å². The summed E-state index contributed by atoms with van der Waals surface area (Å²) in [6.07, 6.45) is 2.17. The van der Waals surface area contributed by atoms with Crippen molar-refractivity contribution in [1.82, 2.24) is 9.55 Å². The Morgan fingerprint density at radius 2 is 2.04 bits per heavy atom. The molecule has 2 rings (SSSR count). The summed E-state index contributed by atoms with van der Waals surface area (Å²) in [4.78, 5) is 39.7. The molecule has 1 heterocycles. The first-order valence-corrected chi connectivity index (χ1v) is 9.30. The maximum atomic E-state index is 12.6. The minimum absolute atomic E-state index is 0.0391. The van der Waals surface area contributed by atoms with Crippen LogP contribution in [0.1, 0.15) is 30.6 Å². The lowest BCUT2D eigenvalue weighted by atomic mass is 10.1. The average molecular weight is 386 g/mol. The third kappa shape index (κ3) is 5.30. The van der Waals surface area contributed by atoms with Crippen molar-refractivity contribution in [3.8, 4) is 0 Å². The fourth-order valence-electron chi connectivity index (χ4n) is 2.36. The van der Waals surface area contributed by atoms with Crippen molar-refractivity contribution < 1.29 is 9.59 Å². The lowest BCUT2D eigenvalue weighted by Gasteiger charge is -2.18. The van der Waals surface area contributed by atoms with E-state index in [0.717, 1.165) is 0 Å². The van der Waals surface area contributed by atoms with E-state index in [-0.39, 0.29) is 17.5 Å². The van der Waals surface area contributed by atoms with Crippen molar-refractivity contribution in [3.63, 3.8) is 0 Å². The Labute approximate surface area is 161 Å². The highest BCUT2D eigenvalue weighted by molar-refractivity contribution is 8.00. The van der Waals surface area contributed by atoms with Crippen molar-refractivity contribution in [3.05, 3.63) is 58.9 Å². The van der Waals surface area contributed by atoms with Crippen LogP contribution in [0.25, 0.3) is 0 Å². The monoisotopic (exact) mass is 386 g/mol. The molecule has 0 aliphatic heterocycles. The number of nitrogens with one attached hydrogen (secondary N) is 1. The fourth-order valence-corrected chi connectivity index (χ4v) is 3.40. The first-order chi connectivity index (χ1) is 12.8. The Bertz CT molecular complexity index is 906. The van der Waals surface area contributed by atoms with E-state index in [1.54, 1.807) is 34.9 Å². The summed E-state index contributed by atoms with van der Waals surface area (Å²) in [7, 11) is 0. The third-order valence-corrected chi connectivity index (χ3v) is 5.16. The molecule has 0 saturated heterocycles.